The summed E-state index contributed by atoms with van der Waals surface area (Å²) >= 11 is 0. The van der Waals surface area contributed by atoms with Gasteiger partial charge in [0.15, 0.2) is 0 Å². The molecule has 1 heterocycles. The molecule has 0 aliphatic rings. The molecule has 0 aliphatic heterocycles. The minimum Gasteiger partial charge on any atom is -0.508 e. The molecule has 0 spiro atoms. The van der Waals surface area contributed by atoms with Gasteiger partial charge in [0.05, 0.1) is 19.9 Å². The molecule has 5 nitrogen and oxygen atoms in total. The normalized spacial score (nSPS) is 10.0. The molecule has 100 valence electrons. The predicted octanol–water partition coefficient (Wildman–Crippen LogP) is 2.42. The number of hydrogen-bond donors (Lipinski definition) is 2. The van der Waals surface area contributed by atoms with Crippen molar-refractivity contribution in [2.24, 2.45) is 0 Å². The highest BCUT2D eigenvalue weighted by Gasteiger charge is 2.06. The quantitative estimate of drug-likeness (QED) is 0.864. The number of phenolic OH excluding ortho intramolecular Hbond substituents is 1. The molecule has 0 fully saturated rings. The Morgan fingerprint density at radius 2 is 2.05 bits per heavy atom. The Hall–Kier alpha value is -2.43. The van der Waals surface area contributed by atoms with Crippen molar-refractivity contribution in [3.05, 3.63) is 42.1 Å². The molecule has 0 amide bonds. The maximum atomic E-state index is 9.79. The van der Waals surface area contributed by atoms with E-state index >= 15 is 0 Å². The number of methoxy groups -OCH3 is 2. The van der Waals surface area contributed by atoms with Crippen LogP contribution in [0.4, 0.5) is 5.69 Å². The minimum absolute atomic E-state index is 0.219. The molecule has 2 aromatic rings. The number of hydrogen-bond acceptors (Lipinski definition) is 5. The van der Waals surface area contributed by atoms with Gasteiger partial charge in [-0.1, -0.05) is 0 Å². The number of pyridine rings is 1. The van der Waals surface area contributed by atoms with Crippen LogP contribution in [-0.2, 0) is 6.54 Å². The van der Waals surface area contributed by atoms with Crippen molar-refractivity contribution in [1.29, 1.82) is 0 Å². The SMILES string of the molecule is COc1ccc(O)c(CNc2cccnc2OC)c1. The number of phenols is 1. The van der Waals surface area contributed by atoms with Gasteiger partial charge in [-0.15, -0.1) is 0 Å². The summed E-state index contributed by atoms with van der Waals surface area (Å²) in [5.41, 5.74) is 1.51. The first-order valence-corrected chi connectivity index (χ1v) is 5.83. The van der Waals surface area contributed by atoms with E-state index in [-0.39, 0.29) is 5.75 Å². The first kappa shape index (κ1) is 13.0. The molecule has 0 radical (unpaired) electrons. The first-order chi connectivity index (χ1) is 9.24. The van der Waals surface area contributed by atoms with E-state index in [1.165, 1.54) is 0 Å². The maximum Gasteiger partial charge on any atom is 0.237 e. The Bertz CT molecular complexity index is 558. The zero-order valence-corrected chi connectivity index (χ0v) is 10.9. The second-order valence-corrected chi connectivity index (χ2v) is 3.91. The summed E-state index contributed by atoms with van der Waals surface area (Å²) < 4.78 is 10.3. The highest BCUT2D eigenvalue weighted by Crippen LogP contribution is 2.25. The molecule has 19 heavy (non-hydrogen) atoms. The Morgan fingerprint density at radius 3 is 2.79 bits per heavy atom. The maximum absolute atomic E-state index is 9.79. The molecular formula is C14H16N2O3. The van der Waals surface area contributed by atoms with Gasteiger partial charge in [0.1, 0.15) is 11.5 Å². The Labute approximate surface area is 111 Å². The highest BCUT2D eigenvalue weighted by molar-refractivity contribution is 5.53. The molecular weight excluding hydrogens is 244 g/mol. The zero-order valence-electron chi connectivity index (χ0n) is 10.9. The lowest BCUT2D eigenvalue weighted by Gasteiger charge is -2.11. The van der Waals surface area contributed by atoms with Gasteiger partial charge in [-0.3, -0.25) is 0 Å². The largest absolute Gasteiger partial charge is 0.508 e. The van der Waals surface area contributed by atoms with Crippen molar-refractivity contribution in [2.45, 2.75) is 6.54 Å². The number of anilines is 1. The van der Waals surface area contributed by atoms with Gasteiger partial charge < -0.3 is 19.9 Å². The average Bonchev–Trinajstić information content (AvgIpc) is 2.46. The summed E-state index contributed by atoms with van der Waals surface area (Å²) in [5.74, 6) is 1.44. The summed E-state index contributed by atoms with van der Waals surface area (Å²) in [6.45, 7) is 0.449. The molecule has 2 N–H and O–H groups in total. The molecule has 0 saturated heterocycles. The fourth-order valence-corrected chi connectivity index (χ4v) is 1.71. The van der Waals surface area contributed by atoms with Crippen molar-refractivity contribution in [3.8, 4) is 17.4 Å². The molecule has 0 aliphatic carbocycles. The Morgan fingerprint density at radius 1 is 1.21 bits per heavy atom. The van der Waals surface area contributed by atoms with E-state index in [1.807, 2.05) is 12.1 Å². The number of aromatic hydroxyl groups is 1. The predicted molar refractivity (Wildman–Crippen MR) is 72.8 cm³/mol. The van der Waals surface area contributed by atoms with Crippen LogP contribution in [0.3, 0.4) is 0 Å². The molecule has 1 aromatic carbocycles. The lowest BCUT2D eigenvalue weighted by molar-refractivity contribution is 0.399. The van der Waals surface area contributed by atoms with Crippen molar-refractivity contribution in [2.75, 3.05) is 19.5 Å². The topological polar surface area (TPSA) is 63.6 Å². The second kappa shape index (κ2) is 5.95. The van der Waals surface area contributed by atoms with Gasteiger partial charge in [-0.2, -0.15) is 0 Å². The highest BCUT2D eigenvalue weighted by atomic mass is 16.5. The van der Waals surface area contributed by atoms with Crippen molar-refractivity contribution in [1.82, 2.24) is 4.98 Å². The Kier molecular flexibility index (Phi) is 4.07. The minimum atomic E-state index is 0.219. The third-order valence-corrected chi connectivity index (χ3v) is 2.72. The van der Waals surface area contributed by atoms with Crippen LogP contribution in [-0.4, -0.2) is 24.3 Å². The molecule has 0 atom stereocenters. The zero-order chi connectivity index (χ0) is 13.7. The van der Waals surface area contributed by atoms with E-state index in [0.717, 1.165) is 11.3 Å². The summed E-state index contributed by atoms with van der Waals surface area (Å²) in [6.07, 6.45) is 1.66. The van der Waals surface area contributed by atoms with Gasteiger partial charge in [-0.25, -0.2) is 4.98 Å². The van der Waals surface area contributed by atoms with Crippen LogP contribution in [0.25, 0.3) is 0 Å². The van der Waals surface area contributed by atoms with Crippen LogP contribution in [0.2, 0.25) is 0 Å². The van der Waals surface area contributed by atoms with Crippen LogP contribution in [0.15, 0.2) is 36.5 Å². The van der Waals surface area contributed by atoms with E-state index in [1.54, 1.807) is 38.6 Å². The van der Waals surface area contributed by atoms with Gasteiger partial charge in [0.2, 0.25) is 5.88 Å². The van der Waals surface area contributed by atoms with E-state index in [0.29, 0.717) is 18.2 Å². The second-order valence-electron chi connectivity index (χ2n) is 3.91. The van der Waals surface area contributed by atoms with Crippen molar-refractivity contribution < 1.29 is 14.6 Å². The molecule has 1 aromatic heterocycles. The lowest BCUT2D eigenvalue weighted by atomic mass is 10.2. The van der Waals surface area contributed by atoms with E-state index in [9.17, 15) is 5.11 Å². The van der Waals surface area contributed by atoms with Crippen molar-refractivity contribution in [3.63, 3.8) is 0 Å². The van der Waals surface area contributed by atoms with Crippen molar-refractivity contribution >= 4 is 5.69 Å². The van der Waals surface area contributed by atoms with Crippen LogP contribution >= 0.6 is 0 Å². The standard InChI is InChI=1S/C14H16N2O3/c1-18-11-5-6-13(17)10(8-11)9-16-12-4-3-7-15-14(12)19-2/h3-8,16-17H,9H2,1-2H3. The fourth-order valence-electron chi connectivity index (χ4n) is 1.71. The summed E-state index contributed by atoms with van der Waals surface area (Å²) in [5, 5.41) is 13.0. The smallest absolute Gasteiger partial charge is 0.237 e. The van der Waals surface area contributed by atoms with Crippen LogP contribution in [0.5, 0.6) is 17.4 Å². The van der Waals surface area contributed by atoms with Gasteiger partial charge in [-0.05, 0) is 30.3 Å². The first-order valence-electron chi connectivity index (χ1n) is 5.83. The van der Waals surface area contributed by atoms with Gasteiger partial charge in [0, 0.05) is 18.3 Å². The number of nitrogens with one attached hydrogen (secondary N) is 1. The summed E-state index contributed by atoms with van der Waals surface area (Å²) in [7, 11) is 3.16. The van der Waals surface area contributed by atoms with E-state index in [4.69, 9.17) is 9.47 Å². The van der Waals surface area contributed by atoms with Crippen LogP contribution < -0.4 is 14.8 Å². The number of nitrogens with zero attached hydrogens (tertiary/aromatic N) is 1. The number of benzene rings is 1. The van der Waals surface area contributed by atoms with E-state index < -0.39 is 0 Å². The van der Waals surface area contributed by atoms with Crippen LogP contribution in [0, 0.1) is 0 Å². The molecule has 5 heteroatoms. The lowest BCUT2D eigenvalue weighted by Crippen LogP contribution is -2.02. The van der Waals surface area contributed by atoms with Gasteiger partial charge >= 0.3 is 0 Å². The molecule has 0 unspecified atom stereocenters. The average molecular weight is 260 g/mol. The van der Waals surface area contributed by atoms with Gasteiger partial charge in [0.25, 0.3) is 0 Å². The number of aromatic nitrogens is 1. The van der Waals surface area contributed by atoms with Crippen LogP contribution in [0.1, 0.15) is 5.56 Å². The number of ether oxygens (including phenoxy) is 2. The summed E-state index contributed by atoms with van der Waals surface area (Å²) in [6, 6.07) is 8.78. The third kappa shape index (κ3) is 3.07. The monoisotopic (exact) mass is 260 g/mol. The van der Waals surface area contributed by atoms with E-state index in [2.05, 4.69) is 10.3 Å². The molecule has 0 saturated carbocycles. The Balaban J connectivity index is 2.14. The number of rotatable bonds is 5. The molecule has 0 bridgehead atoms. The fraction of sp³-hybridized carbons (Fsp3) is 0.214. The summed E-state index contributed by atoms with van der Waals surface area (Å²) in [4.78, 5) is 4.09. The molecule has 2 rings (SSSR count). The third-order valence-electron chi connectivity index (χ3n) is 2.72.